The molecule has 4 rings (SSSR count). The van der Waals surface area contributed by atoms with E-state index in [0.29, 0.717) is 29.2 Å². The number of imidazole rings is 1. The second kappa shape index (κ2) is 10.9. The summed E-state index contributed by atoms with van der Waals surface area (Å²) in [5, 5.41) is 3.47. The topological polar surface area (TPSA) is 64.0 Å². The Morgan fingerprint density at radius 2 is 1.66 bits per heavy atom. The van der Waals surface area contributed by atoms with E-state index in [1.54, 1.807) is 25.1 Å². The fraction of sp³-hybridized carbons (Fsp3) is 0.345. The van der Waals surface area contributed by atoms with Gasteiger partial charge < -0.3 is 9.88 Å². The fourth-order valence-electron chi connectivity index (χ4n) is 4.55. The quantitative estimate of drug-likeness (QED) is 0.250. The molecule has 0 bridgehead atoms. The number of aromatic nitrogens is 2. The Balaban J connectivity index is 1.54. The number of nitrogens with zero attached hydrogens (tertiary/aromatic N) is 2. The molecule has 1 heterocycles. The molecule has 0 saturated heterocycles. The van der Waals surface area contributed by atoms with Gasteiger partial charge in [-0.3, -0.25) is 0 Å². The molecule has 1 aromatic heterocycles. The van der Waals surface area contributed by atoms with Crippen LogP contribution in [0.15, 0.2) is 71.6 Å². The standard InChI is InChI=1S/C29H32F3N3O2S/c1-5-38(36,37)25-12-9-21(10-13-25)18-33-20(4)23-11-14-27-26(17-23)34-28(35(27)19(2)3)16-22-7-6-8-24(15-22)29(30,31)32/h6-15,17,19-20,33H,5,16,18H2,1-4H3. The molecule has 0 saturated carbocycles. The van der Waals surface area contributed by atoms with Crippen molar-refractivity contribution in [1.29, 1.82) is 0 Å². The molecular formula is C29H32F3N3O2S. The molecule has 1 unspecified atom stereocenters. The molecular weight excluding hydrogens is 511 g/mol. The zero-order valence-electron chi connectivity index (χ0n) is 21.9. The van der Waals surface area contributed by atoms with Crippen LogP contribution < -0.4 is 5.32 Å². The minimum Gasteiger partial charge on any atom is -0.325 e. The van der Waals surface area contributed by atoms with Crippen molar-refractivity contribution >= 4 is 20.9 Å². The number of hydrogen-bond donors (Lipinski definition) is 1. The number of hydrogen-bond acceptors (Lipinski definition) is 4. The highest BCUT2D eigenvalue weighted by atomic mass is 32.2. The number of rotatable bonds is 9. The molecule has 0 aliphatic rings. The maximum absolute atomic E-state index is 13.2. The second-order valence-corrected chi connectivity index (χ2v) is 12.0. The van der Waals surface area contributed by atoms with Crippen LogP contribution in [-0.2, 0) is 29.0 Å². The van der Waals surface area contributed by atoms with Gasteiger partial charge in [0.1, 0.15) is 5.82 Å². The fourth-order valence-corrected chi connectivity index (χ4v) is 5.43. The zero-order valence-corrected chi connectivity index (χ0v) is 22.7. The molecule has 5 nitrogen and oxygen atoms in total. The summed E-state index contributed by atoms with van der Waals surface area (Å²) in [6.07, 6.45) is -4.09. The van der Waals surface area contributed by atoms with E-state index >= 15 is 0 Å². The van der Waals surface area contributed by atoms with Gasteiger partial charge in [0.15, 0.2) is 9.84 Å². The van der Waals surface area contributed by atoms with E-state index < -0.39 is 21.6 Å². The number of nitrogens with one attached hydrogen (secondary N) is 1. The Labute approximate surface area is 221 Å². The Morgan fingerprint density at radius 1 is 0.947 bits per heavy atom. The highest BCUT2D eigenvalue weighted by Crippen LogP contribution is 2.31. The lowest BCUT2D eigenvalue weighted by Gasteiger charge is -2.16. The summed E-state index contributed by atoms with van der Waals surface area (Å²) in [6.45, 7) is 8.30. The van der Waals surface area contributed by atoms with Crippen LogP contribution in [0.3, 0.4) is 0 Å². The molecule has 1 atom stereocenters. The normalized spacial score (nSPS) is 13.4. The summed E-state index contributed by atoms with van der Waals surface area (Å²) in [6, 6.07) is 18.4. The molecule has 3 aromatic carbocycles. The van der Waals surface area contributed by atoms with Gasteiger partial charge in [0.05, 0.1) is 27.2 Å². The zero-order chi connectivity index (χ0) is 27.7. The molecule has 4 aromatic rings. The van der Waals surface area contributed by atoms with E-state index in [2.05, 4.69) is 9.88 Å². The molecule has 0 spiro atoms. The average molecular weight is 544 g/mol. The van der Waals surface area contributed by atoms with Gasteiger partial charge in [-0.25, -0.2) is 13.4 Å². The Hall–Kier alpha value is -3.17. The van der Waals surface area contributed by atoms with Crippen LogP contribution in [0.25, 0.3) is 11.0 Å². The molecule has 9 heteroatoms. The first kappa shape index (κ1) is 27.9. The van der Waals surface area contributed by atoms with Crippen molar-refractivity contribution in [2.45, 2.75) is 63.8 Å². The maximum Gasteiger partial charge on any atom is 0.416 e. The van der Waals surface area contributed by atoms with Crippen LogP contribution >= 0.6 is 0 Å². The van der Waals surface area contributed by atoms with E-state index in [4.69, 9.17) is 4.98 Å². The molecule has 0 fully saturated rings. The van der Waals surface area contributed by atoms with Crippen molar-refractivity contribution in [3.8, 4) is 0 Å². The van der Waals surface area contributed by atoms with E-state index in [1.807, 2.05) is 51.1 Å². The molecule has 38 heavy (non-hydrogen) atoms. The Bertz CT molecular complexity index is 1530. The summed E-state index contributed by atoms with van der Waals surface area (Å²) >= 11 is 0. The van der Waals surface area contributed by atoms with Crippen LogP contribution in [0, 0.1) is 0 Å². The summed E-state index contributed by atoms with van der Waals surface area (Å²) in [7, 11) is -3.23. The van der Waals surface area contributed by atoms with Gasteiger partial charge in [0.2, 0.25) is 0 Å². The van der Waals surface area contributed by atoms with Crippen LogP contribution in [-0.4, -0.2) is 23.7 Å². The third-order valence-corrected chi connectivity index (χ3v) is 8.44. The van der Waals surface area contributed by atoms with Gasteiger partial charge in [-0.05, 0) is 67.8 Å². The van der Waals surface area contributed by atoms with Crippen molar-refractivity contribution in [2.75, 3.05) is 5.75 Å². The second-order valence-electron chi connectivity index (χ2n) is 9.76. The summed E-state index contributed by atoms with van der Waals surface area (Å²) in [5.74, 6) is 0.785. The van der Waals surface area contributed by atoms with E-state index in [9.17, 15) is 21.6 Å². The van der Waals surface area contributed by atoms with Gasteiger partial charge in [-0.1, -0.05) is 43.3 Å². The van der Waals surface area contributed by atoms with E-state index in [1.165, 1.54) is 12.1 Å². The predicted molar refractivity (Wildman–Crippen MR) is 144 cm³/mol. The summed E-state index contributed by atoms with van der Waals surface area (Å²) in [5.41, 5.74) is 3.63. The van der Waals surface area contributed by atoms with Crippen molar-refractivity contribution in [3.05, 3.63) is 94.8 Å². The third kappa shape index (κ3) is 6.10. The van der Waals surface area contributed by atoms with Crippen molar-refractivity contribution < 1.29 is 21.6 Å². The number of benzene rings is 3. The van der Waals surface area contributed by atoms with Crippen LogP contribution in [0.2, 0.25) is 0 Å². The highest BCUT2D eigenvalue weighted by molar-refractivity contribution is 7.91. The lowest BCUT2D eigenvalue weighted by atomic mass is 10.1. The minimum absolute atomic E-state index is 0.00503. The smallest absolute Gasteiger partial charge is 0.325 e. The number of halogens is 3. The number of fused-ring (bicyclic) bond motifs is 1. The highest BCUT2D eigenvalue weighted by Gasteiger charge is 2.30. The summed E-state index contributed by atoms with van der Waals surface area (Å²) in [4.78, 5) is 5.14. The lowest BCUT2D eigenvalue weighted by Crippen LogP contribution is -2.18. The molecule has 1 N–H and O–H groups in total. The van der Waals surface area contributed by atoms with E-state index in [0.717, 1.165) is 28.2 Å². The van der Waals surface area contributed by atoms with Gasteiger partial charge >= 0.3 is 6.18 Å². The molecule has 202 valence electrons. The lowest BCUT2D eigenvalue weighted by molar-refractivity contribution is -0.137. The molecule has 0 amide bonds. The first-order valence-corrected chi connectivity index (χ1v) is 14.3. The Morgan fingerprint density at radius 3 is 2.29 bits per heavy atom. The van der Waals surface area contributed by atoms with Gasteiger partial charge in [-0.15, -0.1) is 0 Å². The average Bonchev–Trinajstić information content (AvgIpc) is 3.24. The van der Waals surface area contributed by atoms with Crippen LogP contribution in [0.4, 0.5) is 13.2 Å². The molecule has 0 aliphatic heterocycles. The van der Waals surface area contributed by atoms with Crippen molar-refractivity contribution in [3.63, 3.8) is 0 Å². The van der Waals surface area contributed by atoms with Crippen molar-refractivity contribution in [2.24, 2.45) is 0 Å². The number of alkyl halides is 3. The molecule has 0 radical (unpaired) electrons. The SMILES string of the molecule is CCS(=O)(=O)c1ccc(CNC(C)c2ccc3c(c2)nc(Cc2cccc(C(F)(F)F)c2)n3C(C)C)cc1. The predicted octanol–water partition coefficient (Wildman–Crippen LogP) is 6.87. The van der Waals surface area contributed by atoms with Gasteiger partial charge in [-0.2, -0.15) is 13.2 Å². The third-order valence-electron chi connectivity index (χ3n) is 6.69. The van der Waals surface area contributed by atoms with Crippen LogP contribution in [0.5, 0.6) is 0 Å². The van der Waals surface area contributed by atoms with Crippen molar-refractivity contribution in [1.82, 2.24) is 14.9 Å². The monoisotopic (exact) mass is 543 g/mol. The van der Waals surface area contributed by atoms with Crippen LogP contribution in [0.1, 0.15) is 67.9 Å². The van der Waals surface area contributed by atoms with E-state index in [-0.39, 0.29) is 17.8 Å². The Kier molecular flexibility index (Phi) is 7.99. The first-order chi connectivity index (χ1) is 17.9. The van der Waals surface area contributed by atoms with Gasteiger partial charge in [0.25, 0.3) is 0 Å². The first-order valence-electron chi connectivity index (χ1n) is 12.6. The minimum atomic E-state index is -4.39. The number of sulfone groups is 1. The molecule has 0 aliphatic carbocycles. The summed E-state index contributed by atoms with van der Waals surface area (Å²) < 4.78 is 65.7. The maximum atomic E-state index is 13.2. The largest absolute Gasteiger partial charge is 0.416 e. The van der Waals surface area contributed by atoms with Gasteiger partial charge in [0, 0.05) is 25.0 Å².